The van der Waals surface area contributed by atoms with E-state index in [9.17, 15) is 14.7 Å². The number of unbranched alkanes of at least 4 members (excludes halogenated alkanes) is 3. The van der Waals surface area contributed by atoms with E-state index in [1.54, 1.807) is 0 Å². The summed E-state index contributed by atoms with van der Waals surface area (Å²) in [6.07, 6.45) is 7.44. The lowest BCUT2D eigenvalue weighted by molar-refractivity contribution is -0.131. The Balaban J connectivity index is 1.30. The topological polar surface area (TPSA) is 108 Å². The summed E-state index contributed by atoms with van der Waals surface area (Å²) in [7, 11) is 0. The number of amides is 2. The maximum absolute atomic E-state index is 14.3. The van der Waals surface area contributed by atoms with Crippen LogP contribution in [0.15, 0.2) is 48.5 Å². The normalized spacial score (nSPS) is 28.3. The fourth-order valence-electron chi connectivity index (χ4n) is 8.20. The molecule has 2 aromatic rings. The maximum Gasteiger partial charge on any atom is 0.242 e. The predicted molar refractivity (Wildman–Crippen MR) is 176 cm³/mol. The number of nitrogens with two attached hydrogens (primary N) is 1. The summed E-state index contributed by atoms with van der Waals surface area (Å²) in [5.74, 6) is 1.16. The molecule has 2 bridgehead atoms. The Morgan fingerprint density at radius 2 is 1.84 bits per heavy atom. The van der Waals surface area contributed by atoms with E-state index in [1.807, 2.05) is 30.3 Å². The van der Waals surface area contributed by atoms with E-state index < -0.39 is 11.5 Å². The third-order valence-corrected chi connectivity index (χ3v) is 11.1. The number of phenols is 1. The molecule has 6 atom stereocenters. The quantitative estimate of drug-likeness (QED) is 0.227. The number of fused-ring (bicyclic) bond motifs is 4. The molecule has 2 fully saturated rings. The fraction of sp³-hybridized carbons (Fsp3) is 0.622. The minimum Gasteiger partial charge on any atom is -0.508 e. The van der Waals surface area contributed by atoms with Gasteiger partial charge in [0.1, 0.15) is 11.8 Å². The molecule has 0 radical (unpaired) electrons. The fourth-order valence-corrected chi connectivity index (χ4v) is 8.20. The summed E-state index contributed by atoms with van der Waals surface area (Å²) < 4.78 is 0. The van der Waals surface area contributed by atoms with E-state index in [4.69, 9.17) is 5.73 Å². The van der Waals surface area contributed by atoms with Crippen molar-refractivity contribution in [3.63, 3.8) is 0 Å². The third kappa shape index (κ3) is 6.55. The molecule has 2 amide bonds. The maximum atomic E-state index is 14.3. The Hall–Kier alpha value is -2.90. The van der Waals surface area contributed by atoms with Crippen LogP contribution in [0, 0.1) is 17.8 Å². The number of piperidine rings is 1. The molecule has 1 aliphatic heterocycles. The Kier molecular flexibility index (Phi) is 10.1. The van der Waals surface area contributed by atoms with Gasteiger partial charge < -0.3 is 21.5 Å². The van der Waals surface area contributed by atoms with Crippen LogP contribution < -0.4 is 16.4 Å². The molecule has 44 heavy (non-hydrogen) atoms. The summed E-state index contributed by atoms with van der Waals surface area (Å²) in [5.41, 5.74) is 8.70. The highest BCUT2D eigenvalue weighted by Crippen LogP contribution is 2.57. The average molecular weight is 603 g/mol. The van der Waals surface area contributed by atoms with Gasteiger partial charge >= 0.3 is 0 Å². The molecule has 1 saturated heterocycles. The number of benzene rings is 2. The smallest absolute Gasteiger partial charge is 0.242 e. The SMILES string of the molecule is CC(C)CC(NC(=O)[C@]1(c2ccccc2)CC1CN1CC[C@@]2(C)c3cc(O)ccc3CC1C2C)C(=O)NCCCCCCN. The van der Waals surface area contributed by atoms with Crippen molar-refractivity contribution in [2.24, 2.45) is 23.5 Å². The van der Waals surface area contributed by atoms with E-state index >= 15 is 0 Å². The molecule has 1 heterocycles. The zero-order valence-corrected chi connectivity index (χ0v) is 27.3. The minimum atomic E-state index is -0.624. The first-order chi connectivity index (χ1) is 21.1. The van der Waals surface area contributed by atoms with Gasteiger partial charge in [0.05, 0.1) is 5.41 Å². The first kappa shape index (κ1) is 32.5. The molecule has 7 nitrogen and oxygen atoms in total. The standard InChI is InChI=1S/C37H54N4O3/c1-25(2)20-32(34(43)39-18-11-6-5-10-17-38)40-35(44)37(28-12-8-7-9-13-28)23-29(37)24-41-19-16-36(4)26(3)33(41)21-27-14-15-30(42)22-31(27)36/h7-9,12-15,22,25-26,29,32-33,42H,5-6,10-11,16-21,23-24,38H2,1-4H3,(H,39,43)(H,40,44)/t26?,29?,32?,33?,36-,37+/m1/s1. The minimum absolute atomic E-state index is 0.0168. The van der Waals surface area contributed by atoms with E-state index in [1.165, 1.54) is 11.1 Å². The van der Waals surface area contributed by atoms with Crippen LogP contribution in [0.5, 0.6) is 5.75 Å². The van der Waals surface area contributed by atoms with Crippen molar-refractivity contribution in [2.45, 2.75) is 102 Å². The molecule has 5 N–H and O–H groups in total. The largest absolute Gasteiger partial charge is 0.508 e. The molecule has 240 valence electrons. The molecule has 4 unspecified atom stereocenters. The lowest BCUT2D eigenvalue weighted by Crippen LogP contribution is -2.58. The Labute approximate surface area is 264 Å². The Bertz CT molecular complexity index is 1300. The zero-order valence-electron chi connectivity index (χ0n) is 27.3. The molecule has 2 aromatic carbocycles. The summed E-state index contributed by atoms with van der Waals surface area (Å²) in [5, 5.41) is 16.6. The van der Waals surface area contributed by atoms with Crippen molar-refractivity contribution in [3.05, 3.63) is 65.2 Å². The monoisotopic (exact) mass is 602 g/mol. The van der Waals surface area contributed by atoms with Crippen molar-refractivity contribution < 1.29 is 14.7 Å². The molecule has 1 saturated carbocycles. The highest BCUT2D eigenvalue weighted by molar-refractivity contribution is 5.95. The lowest BCUT2D eigenvalue weighted by atomic mass is 9.59. The van der Waals surface area contributed by atoms with Gasteiger partial charge in [-0.15, -0.1) is 0 Å². The first-order valence-corrected chi connectivity index (χ1v) is 17.0. The number of nitrogens with zero attached hydrogens (tertiary/aromatic N) is 1. The van der Waals surface area contributed by atoms with Gasteiger partial charge in [-0.1, -0.05) is 76.9 Å². The van der Waals surface area contributed by atoms with Gasteiger partial charge in [0.2, 0.25) is 11.8 Å². The van der Waals surface area contributed by atoms with Gasteiger partial charge in [-0.2, -0.15) is 0 Å². The summed E-state index contributed by atoms with van der Waals surface area (Å²) in [6, 6.07) is 15.9. The Morgan fingerprint density at radius 1 is 1.09 bits per heavy atom. The second-order valence-electron chi connectivity index (χ2n) is 14.5. The zero-order chi connectivity index (χ0) is 31.5. The lowest BCUT2D eigenvalue weighted by Gasteiger charge is -2.55. The van der Waals surface area contributed by atoms with Crippen molar-refractivity contribution in [3.8, 4) is 5.75 Å². The number of phenolic OH excluding ortho intramolecular Hbond substituents is 1. The van der Waals surface area contributed by atoms with E-state index in [2.05, 4.69) is 61.4 Å². The summed E-state index contributed by atoms with van der Waals surface area (Å²) in [6.45, 7) is 12.1. The van der Waals surface area contributed by atoms with Gasteiger partial charge in [0, 0.05) is 19.1 Å². The Morgan fingerprint density at radius 3 is 2.57 bits per heavy atom. The molecule has 2 aliphatic carbocycles. The van der Waals surface area contributed by atoms with Crippen molar-refractivity contribution in [1.29, 1.82) is 0 Å². The molecular weight excluding hydrogens is 548 g/mol. The van der Waals surface area contributed by atoms with E-state index in [0.29, 0.717) is 37.2 Å². The van der Waals surface area contributed by atoms with Crippen molar-refractivity contribution >= 4 is 11.8 Å². The highest BCUT2D eigenvalue weighted by atomic mass is 16.3. The molecule has 7 heteroatoms. The highest BCUT2D eigenvalue weighted by Gasteiger charge is 2.62. The van der Waals surface area contributed by atoms with Gasteiger partial charge in [0.15, 0.2) is 0 Å². The summed E-state index contributed by atoms with van der Waals surface area (Å²) >= 11 is 0. The van der Waals surface area contributed by atoms with E-state index in [0.717, 1.165) is 63.6 Å². The van der Waals surface area contributed by atoms with Crippen LogP contribution in [0.3, 0.4) is 0 Å². The van der Waals surface area contributed by atoms with Crippen LogP contribution in [-0.4, -0.2) is 60.1 Å². The van der Waals surface area contributed by atoms with Crippen LogP contribution in [0.25, 0.3) is 0 Å². The first-order valence-electron chi connectivity index (χ1n) is 17.0. The van der Waals surface area contributed by atoms with Crippen LogP contribution in [0.1, 0.15) is 89.3 Å². The second kappa shape index (κ2) is 13.6. The number of carbonyl (C=O) groups is 2. The van der Waals surface area contributed by atoms with Crippen LogP contribution in [0.2, 0.25) is 0 Å². The number of aromatic hydroxyl groups is 1. The number of rotatable bonds is 14. The molecule has 0 spiro atoms. The number of hydrogen-bond donors (Lipinski definition) is 4. The predicted octanol–water partition coefficient (Wildman–Crippen LogP) is 5.04. The van der Waals surface area contributed by atoms with Gasteiger partial charge in [-0.25, -0.2) is 0 Å². The molecular formula is C37H54N4O3. The molecule has 5 rings (SSSR count). The second-order valence-corrected chi connectivity index (χ2v) is 14.5. The van der Waals surface area contributed by atoms with E-state index in [-0.39, 0.29) is 29.1 Å². The molecule has 3 aliphatic rings. The van der Waals surface area contributed by atoms with Gasteiger partial charge in [0.25, 0.3) is 0 Å². The number of likely N-dealkylation sites (tertiary alicyclic amines) is 1. The van der Waals surface area contributed by atoms with Crippen LogP contribution >= 0.6 is 0 Å². The van der Waals surface area contributed by atoms with Gasteiger partial charge in [-0.05, 0) is 104 Å². The van der Waals surface area contributed by atoms with Crippen molar-refractivity contribution in [2.75, 3.05) is 26.2 Å². The van der Waals surface area contributed by atoms with Crippen LogP contribution in [0.4, 0.5) is 0 Å². The van der Waals surface area contributed by atoms with Crippen LogP contribution in [-0.2, 0) is 26.8 Å². The number of nitrogens with one attached hydrogen (secondary N) is 2. The number of carbonyl (C=O) groups excluding carboxylic acids is 2. The molecule has 0 aromatic heterocycles. The summed E-state index contributed by atoms with van der Waals surface area (Å²) in [4.78, 5) is 30.3. The number of hydrogen-bond acceptors (Lipinski definition) is 5. The third-order valence-electron chi connectivity index (χ3n) is 11.1. The average Bonchev–Trinajstić information content (AvgIpc) is 3.73. The van der Waals surface area contributed by atoms with Gasteiger partial charge in [-0.3, -0.25) is 14.5 Å². The van der Waals surface area contributed by atoms with Crippen molar-refractivity contribution in [1.82, 2.24) is 15.5 Å².